The van der Waals surface area contributed by atoms with E-state index in [-0.39, 0.29) is 11.7 Å². The van der Waals surface area contributed by atoms with Crippen molar-refractivity contribution in [2.45, 2.75) is 53.1 Å². The predicted octanol–water partition coefficient (Wildman–Crippen LogP) is 4.41. The number of carbonyl (C=O) groups is 2. The van der Waals surface area contributed by atoms with Crippen LogP contribution >= 0.6 is 11.6 Å². The summed E-state index contributed by atoms with van der Waals surface area (Å²) < 4.78 is 0. The molecule has 1 rings (SSSR count). The zero-order chi connectivity index (χ0) is 17.2. The molecule has 0 aliphatic rings. The number of pyridine rings is 1. The summed E-state index contributed by atoms with van der Waals surface area (Å²) in [4.78, 5) is 29.4. The molecule has 0 fully saturated rings. The topological polar surface area (TPSA) is 70.5 Å². The van der Waals surface area contributed by atoms with Gasteiger partial charge < -0.3 is 5.11 Å². The molecule has 0 spiro atoms. The van der Waals surface area contributed by atoms with Crippen molar-refractivity contribution in [2.75, 3.05) is 0 Å². The Morgan fingerprint density at radius 2 is 1.86 bits per heavy atom. The normalized spacial score (nSPS) is 13.1. The van der Waals surface area contributed by atoms with E-state index in [0.717, 1.165) is 0 Å². The van der Waals surface area contributed by atoms with Crippen molar-refractivity contribution in [1.29, 1.82) is 0 Å². The van der Waals surface area contributed by atoms with E-state index in [0.29, 0.717) is 16.3 Å². The largest absolute Gasteiger partial charge is 0.465 e. The molecule has 0 saturated heterocycles. The predicted molar refractivity (Wildman–Crippen MR) is 86.4 cm³/mol. The molecule has 122 valence electrons. The number of amides is 1. The maximum Gasteiger partial charge on any atom is 0.408 e. The minimum absolute atomic E-state index is 0.0536. The Morgan fingerprint density at radius 3 is 2.23 bits per heavy atom. The van der Waals surface area contributed by atoms with E-state index in [1.165, 1.54) is 18.0 Å². The summed E-state index contributed by atoms with van der Waals surface area (Å²) in [5, 5.41) is 10.0. The molecule has 0 saturated carbocycles. The molecule has 0 aliphatic heterocycles. The fourth-order valence-electron chi connectivity index (χ4n) is 2.53. The maximum absolute atomic E-state index is 11.9. The van der Waals surface area contributed by atoms with E-state index in [1.54, 1.807) is 6.07 Å². The van der Waals surface area contributed by atoms with Gasteiger partial charge in [0.15, 0.2) is 5.78 Å². The number of Topliss-reactive ketones (excluding diaryl/α,β-unsaturated/α-hetero) is 1. The first-order chi connectivity index (χ1) is 9.96. The third-order valence-electron chi connectivity index (χ3n) is 3.38. The van der Waals surface area contributed by atoms with Gasteiger partial charge in [-0.3, -0.25) is 14.7 Å². The number of aromatic nitrogens is 1. The number of hydrogen-bond donors (Lipinski definition) is 1. The van der Waals surface area contributed by atoms with Gasteiger partial charge in [0.05, 0.1) is 16.8 Å². The van der Waals surface area contributed by atoms with Crippen LogP contribution in [-0.4, -0.2) is 32.4 Å². The van der Waals surface area contributed by atoms with Crippen molar-refractivity contribution in [2.24, 2.45) is 5.92 Å². The van der Waals surface area contributed by atoms with Gasteiger partial charge in [0, 0.05) is 17.3 Å². The molecule has 1 heterocycles. The summed E-state index contributed by atoms with van der Waals surface area (Å²) in [6.45, 7) is 10.7. The van der Waals surface area contributed by atoms with E-state index in [4.69, 9.17) is 11.6 Å². The Morgan fingerprint density at radius 1 is 1.32 bits per heavy atom. The van der Waals surface area contributed by atoms with Crippen LogP contribution in [0.3, 0.4) is 0 Å². The first kappa shape index (κ1) is 18.4. The molecule has 0 aromatic carbocycles. The van der Waals surface area contributed by atoms with Gasteiger partial charge in [-0.2, -0.15) is 0 Å². The smallest absolute Gasteiger partial charge is 0.408 e. The number of ketones is 1. The van der Waals surface area contributed by atoms with E-state index in [9.17, 15) is 14.7 Å². The summed E-state index contributed by atoms with van der Waals surface area (Å²) in [5.41, 5.74) is 0.182. The molecule has 22 heavy (non-hydrogen) atoms. The van der Waals surface area contributed by atoms with Gasteiger partial charge in [0.25, 0.3) is 0 Å². The fourth-order valence-corrected chi connectivity index (χ4v) is 2.68. The van der Waals surface area contributed by atoms with Crippen LogP contribution < -0.4 is 0 Å². The molecule has 5 nitrogen and oxygen atoms in total. The van der Waals surface area contributed by atoms with Gasteiger partial charge in [-0.1, -0.05) is 25.4 Å². The molecular formula is C16H23ClN2O3. The minimum atomic E-state index is -1.04. The standard InChI is InChI=1S/C16H23ClN2O3/c1-9(2)14(19(15(21)22)16(4,5)6)13-12(10(3)20)7-11(17)8-18-13/h7-9,14H,1-6H3,(H,21,22)/t14-/m0/s1. The highest BCUT2D eigenvalue weighted by Crippen LogP contribution is 2.35. The third kappa shape index (κ3) is 3.97. The Bertz CT molecular complexity index is 579. The summed E-state index contributed by atoms with van der Waals surface area (Å²) in [6, 6.07) is 1.01. The monoisotopic (exact) mass is 326 g/mol. The minimum Gasteiger partial charge on any atom is -0.465 e. The highest BCUT2D eigenvalue weighted by atomic mass is 35.5. The Kier molecular flexibility index (Phi) is 5.57. The molecule has 0 aliphatic carbocycles. The van der Waals surface area contributed by atoms with Crippen LogP contribution in [0.25, 0.3) is 0 Å². The van der Waals surface area contributed by atoms with Crippen molar-refractivity contribution in [3.63, 3.8) is 0 Å². The first-order valence-corrected chi connectivity index (χ1v) is 7.53. The summed E-state index contributed by atoms with van der Waals surface area (Å²) in [5.74, 6) is -0.239. The van der Waals surface area contributed by atoms with Crippen molar-refractivity contribution in [3.05, 3.63) is 28.5 Å². The SMILES string of the molecule is CC(=O)c1cc(Cl)cnc1[C@H](C(C)C)N(C(=O)O)C(C)(C)C. The maximum atomic E-state index is 11.9. The van der Waals surface area contributed by atoms with E-state index in [1.807, 2.05) is 34.6 Å². The van der Waals surface area contributed by atoms with Crippen molar-refractivity contribution in [3.8, 4) is 0 Å². The van der Waals surface area contributed by atoms with Gasteiger partial charge in [-0.25, -0.2) is 4.79 Å². The molecule has 1 N–H and O–H groups in total. The quantitative estimate of drug-likeness (QED) is 0.832. The molecular weight excluding hydrogens is 304 g/mol. The Labute approximate surface area is 136 Å². The molecule has 6 heteroatoms. The average molecular weight is 327 g/mol. The lowest BCUT2D eigenvalue weighted by atomic mass is 9.90. The highest BCUT2D eigenvalue weighted by Gasteiger charge is 2.38. The zero-order valence-electron chi connectivity index (χ0n) is 13.8. The lowest BCUT2D eigenvalue weighted by molar-refractivity contribution is 0.0512. The van der Waals surface area contributed by atoms with Crippen LogP contribution in [0.1, 0.15) is 63.6 Å². The molecule has 0 bridgehead atoms. The Balaban J connectivity index is 3.57. The number of carboxylic acid groups (broad SMARTS) is 1. The van der Waals surface area contributed by atoms with Crippen LogP contribution in [0.2, 0.25) is 5.02 Å². The van der Waals surface area contributed by atoms with Gasteiger partial charge >= 0.3 is 6.09 Å². The number of hydrogen-bond acceptors (Lipinski definition) is 3. The lowest BCUT2D eigenvalue weighted by Gasteiger charge is -2.41. The first-order valence-electron chi connectivity index (χ1n) is 7.15. The molecule has 1 aromatic heterocycles. The molecule has 1 amide bonds. The van der Waals surface area contributed by atoms with Crippen LogP contribution in [0.5, 0.6) is 0 Å². The molecule has 0 unspecified atom stereocenters. The summed E-state index contributed by atoms with van der Waals surface area (Å²) in [7, 11) is 0. The number of carbonyl (C=O) groups excluding carboxylic acids is 1. The second-order valence-electron chi connectivity index (χ2n) is 6.65. The van der Waals surface area contributed by atoms with Crippen LogP contribution in [0.15, 0.2) is 12.3 Å². The van der Waals surface area contributed by atoms with Crippen molar-refractivity contribution < 1.29 is 14.7 Å². The summed E-state index contributed by atoms with van der Waals surface area (Å²) in [6.07, 6.45) is 0.402. The fraction of sp³-hybridized carbons (Fsp3) is 0.562. The Hall–Kier alpha value is -1.62. The van der Waals surface area contributed by atoms with Gasteiger partial charge in [0.1, 0.15) is 0 Å². The number of halogens is 1. The van der Waals surface area contributed by atoms with Crippen molar-refractivity contribution in [1.82, 2.24) is 9.88 Å². The van der Waals surface area contributed by atoms with Gasteiger partial charge in [-0.05, 0) is 39.7 Å². The second kappa shape index (κ2) is 6.65. The van der Waals surface area contributed by atoms with Gasteiger partial charge in [0.2, 0.25) is 0 Å². The molecule has 0 radical (unpaired) electrons. The second-order valence-corrected chi connectivity index (χ2v) is 7.09. The van der Waals surface area contributed by atoms with E-state index >= 15 is 0 Å². The van der Waals surface area contributed by atoms with Gasteiger partial charge in [-0.15, -0.1) is 0 Å². The number of nitrogens with zero attached hydrogens (tertiary/aromatic N) is 2. The molecule has 1 aromatic rings. The van der Waals surface area contributed by atoms with Crippen molar-refractivity contribution >= 4 is 23.5 Å². The number of rotatable bonds is 4. The van der Waals surface area contributed by atoms with E-state index < -0.39 is 17.7 Å². The third-order valence-corrected chi connectivity index (χ3v) is 3.59. The van der Waals surface area contributed by atoms with Crippen LogP contribution in [0, 0.1) is 5.92 Å². The lowest BCUT2D eigenvalue weighted by Crippen LogP contribution is -2.49. The van der Waals surface area contributed by atoms with E-state index in [2.05, 4.69) is 4.98 Å². The molecule has 1 atom stereocenters. The zero-order valence-corrected chi connectivity index (χ0v) is 14.6. The van der Waals surface area contributed by atoms with Crippen LogP contribution in [-0.2, 0) is 0 Å². The highest BCUT2D eigenvalue weighted by molar-refractivity contribution is 6.30. The summed E-state index contributed by atoms with van der Waals surface area (Å²) >= 11 is 5.93. The average Bonchev–Trinajstić information content (AvgIpc) is 2.33. The van der Waals surface area contributed by atoms with Crippen LogP contribution in [0.4, 0.5) is 4.79 Å².